The van der Waals surface area contributed by atoms with Crippen LogP contribution in [-0.2, 0) is 11.3 Å². The minimum absolute atomic E-state index is 0.340. The van der Waals surface area contributed by atoms with Crippen LogP contribution in [0.1, 0.15) is 12.5 Å². The molecule has 1 saturated heterocycles. The highest BCUT2D eigenvalue weighted by molar-refractivity contribution is 5.48. The van der Waals surface area contributed by atoms with Crippen LogP contribution >= 0.6 is 0 Å². The number of hydrogen-bond acceptors (Lipinski definition) is 5. The third-order valence-electron chi connectivity index (χ3n) is 4.16. The Balaban J connectivity index is 1.55. The van der Waals surface area contributed by atoms with Gasteiger partial charge in [0.15, 0.2) is 11.5 Å². The quantitative estimate of drug-likeness (QED) is 0.795. The Labute approximate surface area is 126 Å². The van der Waals surface area contributed by atoms with Crippen LogP contribution in [0.3, 0.4) is 0 Å². The van der Waals surface area contributed by atoms with Crippen molar-refractivity contribution in [3.8, 4) is 11.5 Å². The van der Waals surface area contributed by atoms with Gasteiger partial charge in [-0.1, -0.05) is 19.1 Å². The summed E-state index contributed by atoms with van der Waals surface area (Å²) in [6, 6.07) is 6.14. The third kappa shape index (κ3) is 3.67. The van der Waals surface area contributed by atoms with Crippen LogP contribution < -0.4 is 9.47 Å². The van der Waals surface area contributed by atoms with Gasteiger partial charge in [-0.25, -0.2) is 0 Å². The van der Waals surface area contributed by atoms with Crippen molar-refractivity contribution in [1.29, 1.82) is 0 Å². The highest BCUT2D eigenvalue weighted by Crippen LogP contribution is 2.35. The number of fused-ring (bicyclic) bond motifs is 1. The van der Waals surface area contributed by atoms with E-state index in [4.69, 9.17) is 14.2 Å². The zero-order valence-electron chi connectivity index (χ0n) is 12.7. The molecule has 1 aromatic rings. The molecule has 0 radical (unpaired) electrons. The van der Waals surface area contributed by atoms with E-state index in [1.165, 1.54) is 5.56 Å². The molecule has 116 valence electrons. The highest BCUT2D eigenvalue weighted by atomic mass is 16.7. The Morgan fingerprint density at radius 2 is 2.05 bits per heavy atom. The van der Waals surface area contributed by atoms with E-state index in [-0.39, 0.29) is 0 Å². The van der Waals surface area contributed by atoms with Gasteiger partial charge in [-0.3, -0.25) is 9.80 Å². The smallest absolute Gasteiger partial charge is 0.231 e. The SMILES string of the molecule is CCN(CCN1CCOCC1)Cc1cccc2c1OCO2. The number of ether oxygens (including phenoxy) is 3. The van der Waals surface area contributed by atoms with Gasteiger partial charge in [0, 0.05) is 38.3 Å². The van der Waals surface area contributed by atoms with Gasteiger partial charge in [0.2, 0.25) is 6.79 Å². The van der Waals surface area contributed by atoms with Crippen molar-refractivity contribution in [2.45, 2.75) is 13.5 Å². The molecule has 0 N–H and O–H groups in total. The maximum Gasteiger partial charge on any atom is 0.231 e. The van der Waals surface area contributed by atoms with Crippen molar-refractivity contribution in [2.24, 2.45) is 0 Å². The lowest BCUT2D eigenvalue weighted by Gasteiger charge is -2.29. The summed E-state index contributed by atoms with van der Waals surface area (Å²) in [7, 11) is 0. The first-order valence-corrected chi connectivity index (χ1v) is 7.76. The van der Waals surface area contributed by atoms with E-state index < -0.39 is 0 Å². The Hall–Kier alpha value is -1.30. The fourth-order valence-corrected chi connectivity index (χ4v) is 2.81. The van der Waals surface area contributed by atoms with Gasteiger partial charge >= 0.3 is 0 Å². The summed E-state index contributed by atoms with van der Waals surface area (Å²) in [5.74, 6) is 1.79. The lowest BCUT2D eigenvalue weighted by Crippen LogP contribution is -2.41. The van der Waals surface area contributed by atoms with Gasteiger partial charge in [-0.2, -0.15) is 0 Å². The van der Waals surface area contributed by atoms with Crippen molar-refractivity contribution in [3.63, 3.8) is 0 Å². The second kappa shape index (κ2) is 7.11. The molecule has 1 fully saturated rings. The molecule has 0 saturated carbocycles. The summed E-state index contributed by atoms with van der Waals surface area (Å²) >= 11 is 0. The topological polar surface area (TPSA) is 34.2 Å². The molecule has 0 bridgehead atoms. The first kappa shape index (κ1) is 14.6. The lowest BCUT2D eigenvalue weighted by molar-refractivity contribution is 0.0332. The zero-order valence-corrected chi connectivity index (χ0v) is 12.7. The number of nitrogens with zero attached hydrogens (tertiary/aromatic N) is 2. The molecule has 0 amide bonds. The fourth-order valence-electron chi connectivity index (χ4n) is 2.81. The molecule has 0 aromatic heterocycles. The summed E-state index contributed by atoms with van der Waals surface area (Å²) in [5, 5.41) is 0. The third-order valence-corrected chi connectivity index (χ3v) is 4.16. The molecule has 0 spiro atoms. The minimum Gasteiger partial charge on any atom is -0.454 e. The lowest BCUT2D eigenvalue weighted by atomic mass is 10.1. The van der Waals surface area contributed by atoms with E-state index in [9.17, 15) is 0 Å². The summed E-state index contributed by atoms with van der Waals surface area (Å²) in [5.41, 5.74) is 1.22. The van der Waals surface area contributed by atoms with E-state index in [0.29, 0.717) is 6.79 Å². The van der Waals surface area contributed by atoms with Crippen LogP contribution in [0.15, 0.2) is 18.2 Å². The number of likely N-dealkylation sites (N-methyl/N-ethyl adjacent to an activating group) is 1. The zero-order chi connectivity index (χ0) is 14.5. The molecular weight excluding hydrogens is 268 g/mol. The molecule has 2 heterocycles. The average molecular weight is 292 g/mol. The second-order valence-electron chi connectivity index (χ2n) is 5.47. The minimum atomic E-state index is 0.340. The van der Waals surface area contributed by atoms with Gasteiger partial charge < -0.3 is 14.2 Å². The van der Waals surface area contributed by atoms with Crippen molar-refractivity contribution >= 4 is 0 Å². The monoisotopic (exact) mass is 292 g/mol. The molecule has 0 atom stereocenters. The van der Waals surface area contributed by atoms with Crippen LogP contribution in [0.4, 0.5) is 0 Å². The Kier molecular flexibility index (Phi) is 4.95. The van der Waals surface area contributed by atoms with Crippen LogP contribution in [0.5, 0.6) is 11.5 Å². The molecule has 5 heteroatoms. The van der Waals surface area contributed by atoms with Crippen molar-refractivity contribution in [3.05, 3.63) is 23.8 Å². The molecule has 21 heavy (non-hydrogen) atoms. The number of morpholine rings is 1. The van der Waals surface area contributed by atoms with Crippen LogP contribution in [0.25, 0.3) is 0 Å². The average Bonchev–Trinajstić information content (AvgIpc) is 3.02. The van der Waals surface area contributed by atoms with Crippen LogP contribution in [0, 0.1) is 0 Å². The number of para-hydroxylation sites is 1. The summed E-state index contributed by atoms with van der Waals surface area (Å²) < 4.78 is 16.4. The molecule has 0 aliphatic carbocycles. The molecular formula is C16H24N2O3. The first-order chi connectivity index (χ1) is 10.4. The maximum atomic E-state index is 5.59. The van der Waals surface area contributed by atoms with Gasteiger partial charge in [0.1, 0.15) is 0 Å². The fraction of sp³-hybridized carbons (Fsp3) is 0.625. The van der Waals surface area contributed by atoms with E-state index in [1.807, 2.05) is 12.1 Å². The standard InChI is InChI=1S/C16H24N2O3/c1-2-17(6-7-18-8-10-19-11-9-18)12-14-4-3-5-15-16(14)21-13-20-15/h3-5H,2,6-13H2,1H3. The number of hydrogen-bond donors (Lipinski definition) is 0. The van der Waals surface area contributed by atoms with Crippen molar-refractivity contribution < 1.29 is 14.2 Å². The Morgan fingerprint density at radius 3 is 2.86 bits per heavy atom. The molecule has 2 aliphatic rings. The number of benzene rings is 1. The van der Waals surface area contributed by atoms with Crippen molar-refractivity contribution in [2.75, 3.05) is 52.7 Å². The van der Waals surface area contributed by atoms with E-state index >= 15 is 0 Å². The molecule has 0 unspecified atom stereocenters. The van der Waals surface area contributed by atoms with Crippen LogP contribution in [0.2, 0.25) is 0 Å². The van der Waals surface area contributed by atoms with Gasteiger partial charge in [0.25, 0.3) is 0 Å². The first-order valence-electron chi connectivity index (χ1n) is 7.76. The predicted molar refractivity (Wildman–Crippen MR) is 80.8 cm³/mol. The highest BCUT2D eigenvalue weighted by Gasteiger charge is 2.19. The molecule has 5 nitrogen and oxygen atoms in total. The summed E-state index contributed by atoms with van der Waals surface area (Å²) in [6.07, 6.45) is 0. The van der Waals surface area contributed by atoms with Gasteiger partial charge in [-0.05, 0) is 12.6 Å². The Bertz CT molecular complexity index is 461. The molecule has 3 rings (SSSR count). The van der Waals surface area contributed by atoms with E-state index in [2.05, 4.69) is 22.8 Å². The molecule has 2 aliphatic heterocycles. The van der Waals surface area contributed by atoms with E-state index in [0.717, 1.165) is 64.0 Å². The molecule has 1 aromatic carbocycles. The largest absolute Gasteiger partial charge is 0.454 e. The van der Waals surface area contributed by atoms with Crippen molar-refractivity contribution in [1.82, 2.24) is 9.80 Å². The predicted octanol–water partition coefficient (Wildman–Crippen LogP) is 1.57. The van der Waals surface area contributed by atoms with Gasteiger partial charge in [0.05, 0.1) is 13.2 Å². The Morgan fingerprint density at radius 1 is 1.19 bits per heavy atom. The van der Waals surface area contributed by atoms with E-state index in [1.54, 1.807) is 0 Å². The van der Waals surface area contributed by atoms with Gasteiger partial charge in [-0.15, -0.1) is 0 Å². The maximum absolute atomic E-state index is 5.59. The summed E-state index contributed by atoms with van der Waals surface area (Å²) in [4.78, 5) is 4.92. The second-order valence-corrected chi connectivity index (χ2v) is 5.47. The summed E-state index contributed by atoms with van der Waals surface area (Å²) in [6.45, 7) is 10.5. The number of rotatable bonds is 6. The normalized spacial score (nSPS) is 18.4. The van der Waals surface area contributed by atoms with Crippen LogP contribution in [-0.4, -0.2) is 62.5 Å².